The Kier molecular flexibility index (Phi) is 6.71. The van der Waals surface area contributed by atoms with Crippen molar-refractivity contribution < 1.29 is 19.4 Å². The summed E-state index contributed by atoms with van der Waals surface area (Å²) in [7, 11) is 0. The molecule has 0 aliphatic carbocycles. The van der Waals surface area contributed by atoms with Crippen molar-refractivity contribution >= 4 is 22.8 Å². The standard InChI is InChI=1S/C26H28N2O4/c1-18(22-13-7-11-19-10-5-6-12-23(19)22)27-14-21-15-28(26(31)32-17-25(29)30)16-24(21)20-8-3-2-4-9-20/h2-13,18,21,24,27H,14-17H2,1H3,(H,29,30)/t18-,21-,24-/m1/s1. The van der Waals surface area contributed by atoms with E-state index in [1.807, 2.05) is 24.3 Å². The van der Waals surface area contributed by atoms with Gasteiger partial charge in [-0.15, -0.1) is 0 Å². The van der Waals surface area contributed by atoms with Crippen LogP contribution in [0, 0.1) is 5.92 Å². The van der Waals surface area contributed by atoms with Crippen molar-refractivity contribution in [1.29, 1.82) is 0 Å². The molecule has 1 amide bonds. The van der Waals surface area contributed by atoms with Crippen LogP contribution in [0.15, 0.2) is 72.8 Å². The van der Waals surface area contributed by atoms with Crippen LogP contribution in [0.25, 0.3) is 10.8 Å². The second-order valence-corrected chi connectivity index (χ2v) is 8.33. The lowest BCUT2D eigenvalue weighted by atomic mass is 9.88. The Labute approximate surface area is 187 Å². The molecule has 6 heteroatoms. The minimum atomic E-state index is -1.15. The van der Waals surface area contributed by atoms with Crippen molar-refractivity contribution in [3.63, 3.8) is 0 Å². The van der Waals surface area contributed by atoms with E-state index in [-0.39, 0.29) is 17.9 Å². The minimum absolute atomic E-state index is 0.144. The fourth-order valence-electron chi connectivity index (χ4n) is 4.59. The zero-order chi connectivity index (χ0) is 22.5. The molecular formula is C26H28N2O4. The largest absolute Gasteiger partial charge is 0.479 e. The van der Waals surface area contributed by atoms with E-state index < -0.39 is 18.7 Å². The first kappa shape index (κ1) is 21.8. The second-order valence-electron chi connectivity index (χ2n) is 8.33. The summed E-state index contributed by atoms with van der Waals surface area (Å²) in [6.07, 6.45) is -0.571. The third kappa shape index (κ3) is 4.92. The number of carboxylic acid groups (broad SMARTS) is 1. The summed E-state index contributed by atoms with van der Waals surface area (Å²) in [5, 5.41) is 14.9. The molecule has 1 fully saturated rings. The molecule has 166 valence electrons. The summed E-state index contributed by atoms with van der Waals surface area (Å²) >= 11 is 0. The van der Waals surface area contributed by atoms with Gasteiger partial charge in [-0.1, -0.05) is 72.8 Å². The van der Waals surface area contributed by atoms with Crippen LogP contribution in [0.4, 0.5) is 4.79 Å². The van der Waals surface area contributed by atoms with Gasteiger partial charge in [-0.2, -0.15) is 0 Å². The zero-order valence-electron chi connectivity index (χ0n) is 18.1. The molecular weight excluding hydrogens is 404 g/mol. The molecule has 32 heavy (non-hydrogen) atoms. The second kappa shape index (κ2) is 9.83. The summed E-state index contributed by atoms with van der Waals surface area (Å²) in [4.78, 5) is 24.8. The predicted octanol–water partition coefficient (Wildman–Crippen LogP) is 4.43. The molecule has 1 saturated heterocycles. The van der Waals surface area contributed by atoms with Gasteiger partial charge in [-0.05, 0) is 34.7 Å². The number of aliphatic carboxylic acids is 1. The quantitative estimate of drug-likeness (QED) is 0.578. The lowest BCUT2D eigenvalue weighted by Gasteiger charge is -2.23. The SMILES string of the molecule is C[C@@H](NC[C@@H]1CN(C(=O)OCC(=O)O)C[C@@H]1c1ccccc1)c1cccc2ccccc12. The summed E-state index contributed by atoms with van der Waals surface area (Å²) in [5.74, 6) is -0.813. The van der Waals surface area contributed by atoms with Crippen LogP contribution in [0.2, 0.25) is 0 Å². The van der Waals surface area contributed by atoms with Gasteiger partial charge < -0.3 is 20.1 Å². The molecule has 1 aliphatic heterocycles. The number of fused-ring (bicyclic) bond motifs is 1. The Balaban J connectivity index is 1.48. The Hall–Kier alpha value is -3.38. The zero-order valence-corrected chi connectivity index (χ0v) is 18.1. The Morgan fingerprint density at radius 2 is 1.75 bits per heavy atom. The number of amides is 1. The first-order chi connectivity index (χ1) is 15.5. The highest BCUT2D eigenvalue weighted by Gasteiger charge is 2.37. The normalized spacial score (nSPS) is 19.1. The van der Waals surface area contributed by atoms with Gasteiger partial charge in [0.1, 0.15) is 0 Å². The van der Waals surface area contributed by atoms with Gasteiger partial charge in [0.05, 0.1) is 0 Å². The first-order valence-electron chi connectivity index (χ1n) is 10.9. The molecule has 6 nitrogen and oxygen atoms in total. The smallest absolute Gasteiger partial charge is 0.410 e. The predicted molar refractivity (Wildman–Crippen MR) is 124 cm³/mol. The number of likely N-dealkylation sites (tertiary alicyclic amines) is 1. The fraction of sp³-hybridized carbons (Fsp3) is 0.308. The average Bonchev–Trinajstić information content (AvgIpc) is 3.25. The molecule has 2 N–H and O–H groups in total. The number of carboxylic acids is 1. The maximum atomic E-state index is 12.4. The highest BCUT2D eigenvalue weighted by atomic mass is 16.6. The van der Waals surface area contributed by atoms with E-state index in [0.29, 0.717) is 13.1 Å². The van der Waals surface area contributed by atoms with Gasteiger partial charge >= 0.3 is 12.1 Å². The van der Waals surface area contributed by atoms with E-state index >= 15 is 0 Å². The highest BCUT2D eigenvalue weighted by molar-refractivity contribution is 5.86. The molecule has 4 rings (SSSR count). The lowest BCUT2D eigenvalue weighted by Crippen LogP contribution is -2.33. The maximum absolute atomic E-state index is 12.4. The lowest BCUT2D eigenvalue weighted by molar-refractivity contribution is -0.140. The third-order valence-electron chi connectivity index (χ3n) is 6.22. The number of nitrogens with zero attached hydrogens (tertiary/aromatic N) is 1. The topological polar surface area (TPSA) is 78.9 Å². The van der Waals surface area contributed by atoms with Crippen molar-refractivity contribution in [3.05, 3.63) is 83.9 Å². The molecule has 3 aromatic carbocycles. The Morgan fingerprint density at radius 1 is 1.03 bits per heavy atom. The van der Waals surface area contributed by atoms with Gasteiger partial charge in [0.2, 0.25) is 0 Å². The first-order valence-corrected chi connectivity index (χ1v) is 10.9. The molecule has 3 atom stereocenters. The number of hydrogen-bond donors (Lipinski definition) is 2. The van der Waals surface area contributed by atoms with Crippen LogP contribution in [0.1, 0.15) is 30.0 Å². The van der Waals surface area contributed by atoms with Gasteiger partial charge in [0.25, 0.3) is 0 Å². The minimum Gasteiger partial charge on any atom is -0.479 e. The van der Waals surface area contributed by atoms with Crippen LogP contribution in [0.3, 0.4) is 0 Å². The van der Waals surface area contributed by atoms with E-state index in [9.17, 15) is 9.59 Å². The fourth-order valence-corrected chi connectivity index (χ4v) is 4.59. The molecule has 0 spiro atoms. The molecule has 0 saturated carbocycles. The monoisotopic (exact) mass is 432 g/mol. The van der Waals surface area contributed by atoms with E-state index in [2.05, 4.69) is 60.8 Å². The van der Waals surface area contributed by atoms with E-state index in [0.717, 1.165) is 6.54 Å². The van der Waals surface area contributed by atoms with Crippen LogP contribution in [-0.4, -0.2) is 48.3 Å². The number of hydrogen-bond acceptors (Lipinski definition) is 4. The molecule has 0 unspecified atom stereocenters. The van der Waals surface area contributed by atoms with Gasteiger partial charge in [-0.3, -0.25) is 0 Å². The van der Waals surface area contributed by atoms with Crippen molar-refractivity contribution in [2.45, 2.75) is 18.9 Å². The van der Waals surface area contributed by atoms with Crippen molar-refractivity contribution in [2.24, 2.45) is 5.92 Å². The Bertz CT molecular complexity index is 1080. The molecule has 1 heterocycles. The van der Waals surface area contributed by atoms with E-state index in [1.54, 1.807) is 4.90 Å². The van der Waals surface area contributed by atoms with Gasteiger partial charge in [0.15, 0.2) is 6.61 Å². The summed E-state index contributed by atoms with van der Waals surface area (Å²) < 4.78 is 4.93. The molecule has 1 aliphatic rings. The van der Waals surface area contributed by atoms with Gasteiger partial charge in [-0.25, -0.2) is 9.59 Å². The number of nitrogens with one attached hydrogen (secondary N) is 1. The number of carbonyl (C=O) groups excluding carboxylic acids is 1. The van der Waals surface area contributed by atoms with Crippen LogP contribution < -0.4 is 5.32 Å². The molecule has 0 radical (unpaired) electrons. The summed E-state index contributed by atoms with van der Waals surface area (Å²) in [5.41, 5.74) is 2.42. The van der Waals surface area contributed by atoms with E-state index in [1.165, 1.54) is 21.9 Å². The number of benzene rings is 3. The number of rotatable bonds is 7. The maximum Gasteiger partial charge on any atom is 0.410 e. The third-order valence-corrected chi connectivity index (χ3v) is 6.22. The van der Waals surface area contributed by atoms with E-state index in [4.69, 9.17) is 9.84 Å². The summed E-state index contributed by atoms with van der Waals surface area (Å²) in [6, 6.07) is 25.0. The highest BCUT2D eigenvalue weighted by Crippen LogP contribution is 2.33. The van der Waals surface area contributed by atoms with Crippen molar-refractivity contribution in [2.75, 3.05) is 26.2 Å². The summed E-state index contributed by atoms with van der Waals surface area (Å²) in [6.45, 7) is 3.30. The molecule has 0 bridgehead atoms. The number of ether oxygens (including phenoxy) is 1. The van der Waals surface area contributed by atoms with Crippen molar-refractivity contribution in [3.8, 4) is 0 Å². The van der Waals surface area contributed by atoms with Crippen LogP contribution >= 0.6 is 0 Å². The number of carbonyl (C=O) groups is 2. The van der Waals surface area contributed by atoms with Crippen LogP contribution in [-0.2, 0) is 9.53 Å². The van der Waals surface area contributed by atoms with Gasteiger partial charge in [0, 0.05) is 31.6 Å². The average molecular weight is 433 g/mol. The van der Waals surface area contributed by atoms with Crippen molar-refractivity contribution in [1.82, 2.24) is 10.2 Å². The Morgan fingerprint density at radius 3 is 2.53 bits per heavy atom. The molecule has 0 aromatic heterocycles. The van der Waals surface area contributed by atoms with Crippen LogP contribution in [0.5, 0.6) is 0 Å². The molecule has 3 aromatic rings.